The first-order chi connectivity index (χ1) is 4.72. The fraction of sp³-hybridized carbons (Fsp3) is 0.333. The minimum Gasteiger partial charge on any atom is -0.292 e. The first kappa shape index (κ1) is 7.21. The van der Waals surface area contributed by atoms with Crippen LogP contribution < -0.4 is 4.90 Å². The van der Waals surface area contributed by atoms with E-state index in [-0.39, 0.29) is 5.91 Å². The van der Waals surface area contributed by atoms with Crippen molar-refractivity contribution >= 4 is 22.4 Å². The molecule has 0 saturated heterocycles. The second-order valence-electron chi connectivity index (χ2n) is 1.89. The highest BCUT2D eigenvalue weighted by Gasteiger charge is 2.05. The van der Waals surface area contributed by atoms with Gasteiger partial charge in [-0.1, -0.05) is 0 Å². The normalized spacial score (nSPS) is 9.40. The quantitative estimate of drug-likeness (QED) is 0.610. The third kappa shape index (κ3) is 1.33. The van der Waals surface area contributed by atoms with Crippen LogP contribution in [-0.4, -0.2) is 17.9 Å². The minimum absolute atomic E-state index is 0.00921. The highest BCUT2D eigenvalue weighted by molar-refractivity contribution is 7.13. The number of rotatable bonds is 1. The largest absolute Gasteiger partial charge is 0.292 e. The Kier molecular flexibility index (Phi) is 2.01. The lowest BCUT2D eigenvalue weighted by Gasteiger charge is -2.08. The lowest BCUT2D eigenvalue weighted by atomic mass is 10.6. The van der Waals surface area contributed by atoms with E-state index in [0.29, 0.717) is 0 Å². The molecule has 0 bridgehead atoms. The van der Waals surface area contributed by atoms with Crippen LogP contribution in [0.5, 0.6) is 0 Å². The summed E-state index contributed by atoms with van der Waals surface area (Å²) in [5.74, 6) is 0.00921. The number of nitrogens with zero attached hydrogens (tertiary/aromatic N) is 2. The number of carbonyl (C=O) groups is 1. The summed E-state index contributed by atoms with van der Waals surface area (Å²) in [5, 5.41) is 2.59. The summed E-state index contributed by atoms with van der Waals surface area (Å²) < 4.78 is 0. The van der Waals surface area contributed by atoms with Gasteiger partial charge < -0.3 is 0 Å². The number of aromatic nitrogens is 1. The molecule has 0 fully saturated rings. The number of carbonyl (C=O) groups excluding carboxylic acids is 1. The van der Waals surface area contributed by atoms with Crippen LogP contribution in [0.15, 0.2) is 11.6 Å². The molecular formula is C6H8N2OS. The maximum absolute atomic E-state index is 10.7. The standard InChI is InChI=1S/C6H8N2OS/c1-5(9)8(2)6-7-3-4-10-6/h3-4H,1-2H3. The Bertz CT molecular complexity index is 220. The van der Waals surface area contributed by atoms with Gasteiger partial charge in [-0.25, -0.2) is 4.98 Å². The predicted molar refractivity (Wildman–Crippen MR) is 41.2 cm³/mol. The highest BCUT2D eigenvalue weighted by atomic mass is 32.1. The maximum Gasteiger partial charge on any atom is 0.225 e. The number of hydrogen-bond acceptors (Lipinski definition) is 3. The van der Waals surface area contributed by atoms with Gasteiger partial charge >= 0.3 is 0 Å². The van der Waals surface area contributed by atoms with Crippen molar-refractivity contribution in [2.45, 2.75) is 6.92 Å². The molecule has 0 atom stereocenters. The summed E-state index contributed by atoms with van der Waals surface area (Å²) >= 11 is 1.45. The van der Waals surface area contributed by atoms with E-state index in [0.717, 1.165) is 5.13 Å². The summed E-state index contributed by atoms with van der Waals surface area (Å²) in [6, 6.07) is 0. The van der Waals surface area contributed by atoms with Crippen LogP contribution in [-0.2, 0) is 4.79 Å². The van der Waals surface area contributed by atoms with Crippen LogP contribution in [0.3, 0.4) is 0 Å². The van der Waals surface area contributed by atoms with E-state index in [1.807, 2.05) is 5.38 Å². The molecule has 1 heterocycles. The second-order valence-corrected chi connectivity index (χ2v) is 2.77. The summed E-state index contributed by atoms with van der Waals surface area (Å²) in [7, 11) is 1.71. The van der Waals surface area contributed by atoms with Gasteiger partial charge in [0.15, 0.2) is 5.13 Å². The zero-order valence-corrected chi connectivity index (χ0v) is 6.68. The molecule has 3 nitrogen and oxygen atoms in total. The fourth-order valence-corrected chi connectivity index (χ4v) is 1.17. The van der Waals surface area contributed by atoms with Gasteiger partial charge in [-0.3, -0.25) is 9.69 Å². The Morgan fingerprint density at radius 2 is 2.50 bits per heavy atom. The summed E-state index contributed by atoms with van der Waals surface area (Å²) in [4.78, 5) is 16.2. The third-order valence-electron chi connectivity index (χ3n) is 1.18. The molecule has 1 aromatic heterocycles. The van der Waals surface area contributed by atoms with E-state index in [2.05, 4.69) is 4.98 Å². The molecule has 10 heavy (non-hydrogen) atoms. The average Bonchev–Trinajstić information content (AvgIpc) is 2.36. The number of anilines is 1. The van der Waals surface area contributed by atoms with E-state index in [9.17, 15) is 4.79 Å². The van der Waals surface area contributed by atoms with Gasteiger partial charge in [-0.05, 0) is 0 Å². The molecule has 0 aromatic carbocycles. The van der Waals surface area contributed by atoms with Crippen molar-refractivity contribution in [2.24, 2.45) is 0 Å². The molecular weight excluding hydrogens is 148 g/mol. The minimum atomic E-state index is 0.00921. The topological polar surface area (TPSA) is 33.2 Å². The van der Waals surface area contributed by atoms with Crippen molar-refractivity contribution in [2.75, 3.05) is 11.9 Å². The average molecular weight is 156 g/mol. The molecule has 0 unspecified atom stereocenters. The molecule has 1 aromatic rings. The van der Waals surface area contributed by atoms with Crippen molar-refractivity contribution in [3.63, 3.8) is 0 Å². The van der Waals surface area contributed by atoms with Crippen molar-refractivity contribution in [1.29, 1.82) is 0 Å². The van der Waals surface area contributed by atoms with E-state index < -0.39 is 0 Å². The molecule has 1 rings (SSSR count). The van der Waals surface area contributed by atoms with Crippen LogP contribution in [0.2, 0.25) is 0 Å². The van der Waals surface area contributed by atoms with Crippen molar-refractivity contribution in [1.82, 2.24) is 4.98 Å². The van der Waals surface area contributed by atoms with Crippen molar-refractivity contribution in [3.8, 4) is 0 Å². The Morgan fingerprint density at radius 3 is 2.90 bits per heavy atom. The first-order valence-electron chi connectivity index (χ1n) is 2.85. The van der Waals surface area contributed by atoms with Gasteiger partial charge in [0.25, 0.3) is 0 Å². The Labute approximate surface area is 63.3 Å². The molecule has 0 aliphatic carbocycles. The Hall–Kier alpha value is -0.900. The second kappa shape index (κ2) is 2.79. The maximum atomic E-state index is 10.7. The summed E-state index contributed by atoms with van der Waals surface area (Å²) in [5.41, 5.74) is 0. The van der Waals surface area contributed by atoms with Crippen LogP contribution in [0.25, 0.3) is 0 Å². The van der Waals surface area contributed by atoms with E-state index in [1.54, 1.807) is 13.2 Å². The zero-order chi connectivity index (χ0) is 7.56. The fourth-order valence-electron chi connectivity index (χ4n) is 0.516. The van der Waals surface area contributed by atoms with E-state index in [1.165, 1.54) is 23.2 Å². The molecule has 1 amide bonds. The molecule has 54 valence electrons. The smallest absolute Gasteiger partial charge is 0.225 e. The van der Waals surface area contributed by atoms with E-state index in [4.69, 9.17) is 0 Å². The molecule has 0 radical (unpaired) electrons. The Morgan fingerprint density at radius 1 is 1.80 bits per heavy atom. The van der Waals surface area contributed by atoms with Gasteiger partial charge in [-0.15, -0.1) is 11.3 Å². The first-order valence-corrected chi connectivity index (χ1v) is 3.73. The van der Waals surface area contributed by atoms with Crippen molar-refractivity contribution in [3.05, 3.63) is 11.6 Å². The van der Waals surface area contributed by atoms with Gasteiger partial charge in [-0.2, -0.15) is 0 Å². The van der Waals surface area contributed by atoms with Gasteiger partial charge in [0.1, 0.15) is 0 Å². The lowest BCUT2D eigenvalue weighted by Crippen LogP contribution is -2.22. The molecule has 0 N–H and O–H groups in total. The summed E-state index contributed by atoms with van der Waals surface area (Å²) in [6.45, 7) is 1.52. The number of amides is 1. The highest BCUT2D eigenvalue weighted by Crippen LogP contribution is 2.14. The van der Waals surface area contributed by atoms with Crippen LogP contribution in [0.4, 0.5) is 5.13 Å². The molecule has 0 aliphatic rings. The number of hydrogen-bond donors (Lipinski definition) is 0. The summed E-state index contributed by atoms with van der Waals surface area (Å²) in [6.07, 6.45) is 1.68. The van der Waals surface area contributed by atoms with Gasteiger partial charge in [0, 0.05) is 25.5 Å². The van der Waals surface area contributed by atoms with Crippen LogP contribution in [0, 0.1) is 0 Å². The molecule has 0 saturated carbocycles. The molecule has 0 aliphatic heterocycles. The third-order valence-corrected chi connectivity index (χ3v) is 2.03. The van der Waals surface area contributed by atoms with Crippen LogP contribution >= 0.6 is 11.3 Å². The monoisotopic (exact) mass is 156 g/mol. The number of thiazole rings is 1. The molecule has 0 spiro atoms. The SMILES string of the molecule is CC(=O)N(C)c1nccs1. The predicted octanol–water partition coefficient (Wildman–Crippen LogP) is 1.13. The zero-order valence-electron chi connectivity index (χ0n) is 5.87. The van der Waals surface area contributed by atoms with Gasteiger partial charge in [0.05, 0.1) is 0 Å². The van der Waals surface area contributed by atoms with E-state index >= 15 is 0 Å². The lowest BCUT2D eigenvalue weighted by molar-refractivity contribution is -0.116. The van der Waals surface area contributed by atoms with Crippen molar-refractivity contribution < 1.29 is 4.79 Å². The molecule has 4 heteroatoms. The Balaban J connectivity index is 2.77. The van der Waals surface area contributed by atoms with Gasteiger partial charge in [0.2, 0.25) is 5.91 Å². The van der Waals surface area contributed by atoms with Crippen LogP contribution in [0.1, 0.15) is 6.92 Å².